The van der Waals surface area contributed by atoms with Crippen LogP contribution in [0.1, 0.15) is 16.7 Å². The van der Waals surface area contributed by atoms with Crippen molar-refractivity contribution in [3.8, 4) is 29.9 Å². The zero-order valence-electron chi connectivity index (χ0n) is 13.3. The summed E-state index contributed by atoms with van der Waals surface area (Å²) in [6, 6.07) is 20.2. The van der Waals surface area contributed by atoms with Crippen molar-refractivity contribution in [3.05, 3.63) is 83.9 Å². The molecule has 0 atom stereocenters. The van der Waals surface area contributed by atoms with Crippen molar-refractivity contribution in [2.45, 2.75) is 0 Å². The van der Waals surface area contributed by atoms with Gasteiger partial charge in [0.1, 0.15) is 12.4 Å². The fourth-order valence-corrected chi connectivity index (χ4v) is 2.51. The Balaban J connectivity index is 1.96. The Hall–Kier alpha value is -3.42. The van der Waals surface area contributed by atoms with E-state index >= 15 is 0 Å². The van der Waals surface area contributed by atoms with E-state index in [1.54, 1.807) is 6.08 Å². The van der Waals surface area contributed by atoms with Gasteiger partial charge in [0, 0.05) is 16.7 Å². The summed E-state index contributed by atoms with van der Waals surface area (Å²) >= 11 is 0. The molecule has 1 nitrogen and oxygen atoms in total. The Morgan fingerprint density at radius 1 is 1.00 bits per heavy atom. The molecule has 1 heteroatoms. The molecule has 114 valence electrons. The topological polar surface area (TPSA) is 9.23 Å². The van der Waals surface area contributed by atoms with Crippen LogP contribution in [0.2, 0.25) is 0 Å². The Morgan fingerprint density at radius 2 is 1.83 bits per heavy atom. The Bertz CT molecular complexity index is 988. The second-order valence-electron chi connectivity index (χ2n) is 5.23. The monoisotopic (exact) mass is 308 g/mol. The van der Waals surface area contributed by atoms with Crippen molar-refractivity contribution in [1.29, 1.82) is 0 Å². The first kappa shape index (κ1) is 15.5. The van der Waals surface area contributed by atoms with E-state index in [1.165, 1.54) is 5.39 Å². The molecule has 0 saturated heterocycles. The zero-order valence-corrected chi connectivity index (χ0v) is 13.3. The molecule has 0 fully saturated rings. The summed E-state index contributed by atoms with van der Waals surface area (Å²) < 4.78 is 5.50. The molecule has 3 aromatic rings. The number of terminal acetylenes is 1. The van der Waals surface area contributed by atoms with Crippen LogP contribution in [0.3, 0.4) is 0 Å². The average Bonchev–Trinajstić information content (AvgIpc) is 2.64. The summed E-state index contributed by atoms with van der Waals surface area (Å²) in [6.07, 6.45) is 6.98. The third-order valence-electron chi connectivity index (χ3n) is 3.67. The number of rotatable bonds is 3. The number of ether oxygens (including phenoxy) is 1. The van der Waals surface area contributed by atoms with Crippen molar-refractivity contribution >= 4 is 16.8 Å². The molecular formula is C23H16O. The van der Waals surface area contributed by atoms with Gasteiger partial charge >= 0.3 is 0 Å². The maximum absolute atomic E-state index is 5.50. The lowest BCUT2D eigenvalue weighted by Crippen LogP contribution is -1.95. The van der Waals surface area contributed by atoms with Gasteiger partial charge < -0.3 is 4.74 Å². The Kier molecular flexibility index (Phi) is 4.66. The van der Waals surface area contributed by atoms with E-state index in [-0.39, 0.29) is 6.61 Å². The van der Waals surface area contributed by atoms with Crippen LogP contribution < -0.4 is 4.74 Å². The third-order valence-corrected chi connectivity index (χ3v) is 3.67. The van der Waals surface area contributed by atoms with Crippen LogP contribution in [0, 0.1) is 24.2 Å². The van der Waals surface area contributed by atoms with E-state index in [2.05, 4.69) is 42.5 Å². The quantitative estimate of drug-likeness (QED) is 0.626. The summed E-state index contributed by atoms with van der Waals surface area (Å²) in [5.41, 5.74) is 2.81. The summed E-state index contributed by atoms with van der Waals surface area (Å²) in [5.74, 6) is 9.66. The Morgan fingerprint density at radius 3 is 2.67 bits per heavy atom. The van der Waals surface area contributed by atoms with E-state index in [4.69, 9.17) is 11.2 Å². The van der Waals surface area contributed by atoms with Crippen molar-refractivity contribution < 1.29 is 4.74 Å². The van der Waals surface area contributed by atoms with Crippen LogP contribution in [-0.4, -0.2) is 6.61 Å². The van der Waals surface area contributed by atoms with E-state index < -0.39 is 0 Å². The molecule has 0 spiro atoms. The van der Waals surface area contributed by atoms with Crippen molar-refractivity contribution in [3.63, 3.8) is 0 Å². The molecule has 0 aliphatic carbocycles. The molecule has 0 radical (unpaired) electrons. The van der Waals surface area contributed by atoms with Crippen LogP contribution in [0.5, 0.6) is 5.75 Å². The highest BCUT2D eigenvalue weighted by molar-refractivity contribution is 5.88. The van der Waals surface area contributed by atoms with E-state index in [0.29, 0.717) is 0 Å². The van der Waals surface area contributed by atoms with Crippen LogP contribution in [-0.2, 0) is 0 Å². The lowest BCUT2D eigenvalue weighted by molar-refractivity contribution is 0.369. The molecule has 3 aromatic carbocycles. The van der Waals surface area contributed by atoms with Gasteiger partial charge in [-0.25, -0.2) is 0 Å². The molecule has 0 aliphatic heterocycles. The molecule has 0 aromatic heterocycles. The number of fused-ring (bicyclic) bond motifs is 1. The van der Waals surface area contributed by atoms with Crippen LogP contribution in [0.15, 0.2) is 67.2 Å². The molecule has 3 rings (SSSR count). The molecule has 0 heterocycles. The Labute approximate surface area is 142 Å². The minimum absolute atomic E-state index is 0.238. The van der Waals surface area contributed by atoms with Crippen LogP contribution in [0.25, 0.3) is 16.8 Å². The lowest BCUT2D eigenvalue weighted by atomic mass is 10.0. The summed E-state index contributed by atoms with van der Waals surface area (Å²) in [4.78, 5) is 0. The van der Waals surface area contributed by atoms with Gasteiger partial charge in [-0.1, -0.05) is 66.8 Å². The average molecular weight is 308 g/mol. The van der Waals surface area contributed by atoms with Crippen LogP contribution in [0.4, 0.5) is 0 Å². The fraction of sp³-hybridized carbons (Fsp3) is 0.0435. The minimum Gasteiger partial charge on any atom is -0.480 e. The van der Waals surface area contributed by atoms with Gasteiger partial charge in [-0.2, -0.15) is 0 Å². The van der Waals surface area contributed by atoms with Gasteiger partial charge in [-0.05, 0) is 35.0 Å². The van der Waals surface area contributed by atoms with Crippen molar-refractivity contribution in [1.82, 2.24) is 0 Å². The highest BCUT2D eigenvalue weighted by Crippen LogP contribution is 2.21. The highest BCUT2D eigenvalue weighted by atomic mass is 16.5. The van der Waals surface area contributed by atoms with Gasteiger partial charge in [-0.15, -0.1) is 6.42 Å². The van der Waals surface area contributed by atoms with Crippen molar-refractivity contribution in [2.75, 3.05) is 6.61 Å². The third kappa shape index (κ3) is 3.32. The summed E-state index contributed by atoms with van der Waals surface area (Å²) in [5, 5.41) is 2.35. The van der Waals surface area contributed by atoms with Gasteiger partial charge in [-0.3, -0.25) is 0 Å². The maximum Gasteiger partial charge on any atom is 0.148 e. The number of benzene rings is 3. The molecule has 0 saturated carbocycles. The fourth-order valence-electron chi connectivity index (χ4n) is 2.51. The predicted octanol–water partition coefficient (Wildman–Crippen LogP) is 4.89. The highest BCUT2D eigenvalue weighted by Gasteiger charge is 2.01. The standard InChI is InChI=1S/C23H16O/c1-3-16-24-23-15-13-18(17-19(23)4-2)12-14-21-10-7-9-20-8-5-6-11-22(20)21/h1,4-11,13,15,17H,2,16H2. The largest absolute Gasteiger partial charge is 0.480 e. The molecule has 0 N–H and O–H groups in total. The molecule has 0 aliphatic rings. The molecule has 0 unspecified atom stereocenters. The smallest absolute Gasteiger partial charge is 0.148 e. The lowest BCUT2D eigenvalue weighted by Gasteiger charge is -2.06. The maximum atomic E-state index is 5.50. The van der Waals surface area contributed by atoms with Gasteiger partial charge in [0.25, 0.3) is 0 Å². The molecule has 24 heavy (non-hydrogen) atoms. The summed E-state index contributed by atoms with van der Waals surface area (Å²) in [7, 11) is 0. The first-order valence-corrected chi connectivity index (χ1v) is 7.64. The second kappa shape index (κ2) is 7.23. The van der Waals surface area contributed by atoms with Gasteiger partial charge in [0.2, 0.25) is 0 Å². The first-order chi connectivity index (χ1) is 11.8. The number of hydrogen-bond acceptors (Lipinski definition) is 1. The number of hydrogen-bond donors (Lipinski definition) is 0. The van der Waals surface area contributed by atoms with E-state index in [1.807, 2.05) is 42.5 Å². The second-order valence-corrected chi connectivity index (χ2v) is 5.23. The van der Waals surface area contributed by atoms with Crippen molar-refractivity contribution in [2.24, 2.45) is 0 Å². The zero-order chi connectivity index (χ0) is 16.8. The molecule has 0 bridgehead atoms. The predicted molar refractivity (Wildman–Crippen MR) is 101 cm³/mol. The normalized spacial score (nSPS) is 9.62. The minimum atomic E-state index is 0.238. The van der Waals surface area contributed by atoms with Crippen LogP contribution >= 0.6 is 0 Å². The van der Waals surface area contributed by atoms with E-state index in [9.17, 15) is 0 Å². The summed E-state index contributed by atoms with van der Waals surface area (Å²) in [6.45, 7) is 4.06. The van der Waals surface area contributed by atoms with Gasteiger partial charge in [0.05, 0.1) is 0 Å². The SMILES string of the molecule is C#CCOc1ccc(C#Cc2cccc3ccccc23)cc1C=C. The van der Waals surface area contributed by atoms with Gasteiger partial charge in [0.15, 0.2) is 0 Å². The van der Waals surface area contributed by atoms with E-state index in [0.717, 1.165) is 27.8 Å². The first-order valence-electron chi connectivity index (χ1n) is 7.64. The molecular weight excluding hydrogens is 292 g/mol. The molecule has 0 amide bonds.